The van der Waals surface area contributed by atoms with Crippen LogP contribution in [0.25, 0.3) is 0 Å². The standard InChI is InChI=1S/C23H25ClN4O5/c1-26(2)22(32)33-23(9-10-23)14-27-11-12-28-18(21(27)31)8-7-17(20(28)30)19(29)25-13-15-3-5-16(24)6-4-15/h3-8H,9-14H2,1-2H3,(H,25,29). The maximum atomic E-state index is 13.0. The van der Waals surface area contributed by atoms with Gasteiger partial charge in [0.05, 0.1) is 6.54 Å². The number of carbonyl (C=O) groups excluding carboxylic acids is 3. The molecule has 4 rings (SSSR count). The van der Waals surface area contributed by atoms with Crippen LogP contribution < -0.4 is 10.9 Å². The van der Waals surface area contributed by atoms with Gasteiger partial charge in [-0.2, -0.15) is 0 Å². The molecule has 1 aromatic carbocycles. The van der Waals surface area contributed by atoms with E-state index in [1.807, 2.05) is 0 Å². The highest BCUT2D eigenvalue weighted by Crippen LogP contribution is 2.41. The molecular formula is C23H25ClN4O5. The topological polar surface area (TPSA) is 101 Å². The molecule has 2 aromatic rings. The number of hydrogen-bond acceptors (Lipinski definition) is 5. The molecule has 1 aromatic heterocycles. The number of aromatic nitrogens is 1. The summed E-state index contributed by atoms with van der Waals surface area (Å²) in [6.45, 7) is 1.08. The molecule has 1 aliphatic carbocycles. The third-order valence-corrected chi connectivity index (χ3v) is 6.09. The first-order valence-electron chi connectivity index (χ1n) is 10.7. The number of halogens is 1. The summed E-state index contributed by atoms with van der Waals surface area (Å²) in [4.78, 5) is 53.4. The third-order valence-electron chi connectivity index (χ3n) is 5.84. The van der Waals surface area contributed by atoms with E-state index >= 15 is 0 Å². The summed E-state index contributed by atoms with van der Waals surface area (Å²) in [7, 11) is 3.21. The Hall–Kier alpha value is -3.33. The van der Waals surface area contributed by atoms with Gasteiger partial charge in [-0.1, -0.05) is 23.7 Å². The molecule has 0 atom stereocenters. The fourth-order valence-electron chi connectivity index (χ4n) is 3.73. The lowest BCUT2D eigenvalue weighted by atomic mass is 10.1. The zero-order valence-electron chi connectivity index (χ0n) is 18.5. The molecule has 10 heteroatoms. The second kappa shape index (κ2) is 8.90. The Bertz CT molecular complexity index is 1150. The lowest BCUT2D eigenvalue weighted by molar-refractivity contribution is 0.0288. The fraction of sp³-hybridized carbons (Fsp3) is 0.391. The van der Waals surface area contributed by atoms with Crippen LogP contribution in [0.4, 0.5) is 4.79 Å². The van der Waals surface area contributed by atoms with Crippen LogP contribution >= 0.6 is 11.6 Å². The first kappa shape index (κ1) is 22.8. The molecular weight excluding hydrogens is 448 g/mol. The van der Waals surface area contributed by atoms with Crippen molar-refractivity contribution in [2.24, 2.45) is 0 Å². The largest absolute Gasteiger partial charge is 0.441 e. The summed E-state index contributed by atoms with van der Waals surface area (Å²) in [5, 5.41) is 3.32. The summed E-state index contributed by atoms with van der Waals surface area (Å²) in [5.74, 6) is -0.827. The van der Waals surface area contributed by atoms with Gasteiger partial charge in [-0.25, -0.2) is 4.79 Å². The highest BCUT2D eigenvalue weighted by Gasteiger charge is 2.50. The minimum Gasteiger partial charge on any atom is -0.441 e. The van der Waals surface area contributed by atoms with Crippen molar-refractivity contribution in [3.8, 4) is 0 Å². The number of amides is 3. The van der Waals surface area contributed by atoms with Crippen LogP contribution in [-0.4, -0.2) is 65.1 Å². The van der Waals surface area contributed by atoms with Crippen molar-refractivity contribution in [1.82, 2.24) is 19.7 Å². The molecule has 0 bridgehead atoms. The first-order valence-corrected chi connectivity index (χ1v) is 11.0. The minimum absolute atomic E-state index is 0.0208. The van der Waals surface area contributed by atoms with Crippen molar-refractivity contribution in [3.63, 3.8) is 0 Å². The van der Waals surface area contributed by atoms with E-state index in [0.717, 1.165) is 5.56 Å². The quantitative estimate of drug-likeness (QED) is 0.694. The van der Waals surface area contributed by atoms with Gasteiger partial charge in [-0.3, -0.25) is 14.4 Å². The molecule has 2 aliphatic rings. The van der Waals surface area contributed by atoms with Crippen molar-refractivity contribution in [3.05, 3.63) is 68.6 Å². The molecule has 1 fully saturated rings. The average molecular weight is 473 g/mol. The van der Waals surface area contributed by atoms with Crippen molar-refractivity contribution in [1.29, 1.82) is 0 Å². The van der Waals surface area contributed by atoms with Crippen LogP contribution in [0.15, 0.2) is 41.2 Å². The Morgan fingerprint density at radius 3 is 2.42 bits per heavy atom. The second-order valence-electron chi connectivity index (χ2n) is 8.57. The molecule has 0 spiro atoms. The van der Waals surface area contributed by atoms with Gasteiger partial charge in [0.1, 0.15) is 16.9 Å². The van der Waals surface area contributed by atoms with Gasteiger partial charge in [-0.05, 0) is 42.7 Å². The van der Waals surface area contributed by atoms with Crippen LogP contribution in [0.1, 0.15) is 39.3 Å². The van der Waals surface area contributed by atoms with Crippen LogP contribution in [0.2, 0.25) is 5.02 Å². The Morgan fingerprint density at radius 2 is 1.79 bits per heavy atom. The van der Waals surface area contributed by atoms with E-state index in [0.29, 0.717) is 24.4 Å². The summed E-state index contributed by atoms with van der Waals surface area (Å²) in [6, 6.07) is 9.91. The molecule has 9 nitrogen and oxygen atoms in total. The molecule has 0 unspecified atom stereocenters. The molecule has 3 amide bonds. The summed E-state index contributed by atoms with van der Waals surface area (Å²) in [6.07, 6.45) is 0.939. The zero-order chi connectivity index (χ0) is 23.8. The number of carbonyl (C=O) groups is 3. The maximum Gasteiger partial charge on any atom is 0.409 e. The number of hydrogen-bond donors (Lipinski definition) is 1. The van der Waals surface area contributed by atoms with Crippen molar-refractivity contribution in [2.75, 3.05) is 27.2 Å². The Balaban J connectivity index is 1.44. The van der Waals surface area contributed by atoms with Gasteiger partial charge in [0.15, 0.2) is 0 Å². The van der Waals surface area contributed by atoms with E-state index in [1.54, 1.807) is 43.3 Å². The van der Waals surface area contributed by atoms with Crippen LogP contribution in [0, 0.1) is 0 Å². The van der Waals surface area contributed by atoms with Crippen molar-refractivity contribution >= 4 is 29.5 Å². The molecule has 1 saturated carbocycles. The van der Waals surface area contributed by atoms with Gasteiger partial charge in [0.2, 0.25) is 0 Å². The summed E-state index contributed by atoms with van der Waals surface area (Å²) in [5.41, 5.74) is -0.126. The van der Waals surface area contributed by atoms with E-state index in [1.165, 1.54) is 21.6 Å². The summed E-state index contributed by atoms with van der Waals surface area (Å²) < 4.78 is 6.89. The third kappa shape index (κ3) is 4.88. The molecule has 174 valence electrons. The molecule has 1 N–H and O–H groups in total. The molecule has 2 heterocycles. The second-order valence-corrected chi connectivity index (χ2v) is 9.01. The SMILES string of the molecule is CN(C)C(=O)OC1(CN2CCn3c(ccc(C(=O)NCc4ccc(Cl)cc4)c3=O)C2=O)CC1. The highest BCUT2D eigenvalue weighted by molar-refractivity contribution is 6.30. The smallest absolute Gasteiger partial charge is 0.409 e. The number of benzene rings is 1. The fourth-order valence-corrected chi connectivity index (χ4v) is 3.86. The normalized spacial score (nSPS) is 16.1. The number of ether oxygens (including phenoxy) is 1. The van der Waals surface area contributed by atoms with Gasteiger partial charge in [-0.15, -0.1) is 0 Å². The van der Waals surface area contributed by atoms with Crippen LogP contribution in [-0.2, 0) is 17.8 Å². The van der Waals surface area contributed by atoms with E-state index < -0.39 is 23.2 Å². The van der Waals surface area contributed by atoms with Crippen LogP contribution in [0.5, 0.6) is 0 Å². The lowest BCUT2D eigenvalue weighted by Gasteiger charge is -2.32. The Labute approximate surface area is 195 Å². The van der Waals surface area contributed by atoms with Gasteiger partial charge < -0.3 is 24.4 Å². The van der Waals surface area contributed by atoms with Crippen molar-refractivity contribution in [2.45, 2.75) is 31.5 Å². The van der Waals surface area contributed by atoms with Crippen molar-refractivity contribution < 1.29 is 19.1 Å². The van der Waals surface area contributed by atoms with E-state index in [-0.39, 0.29) is 36.8 Å². The molecule has 1 aliphatic heterocycles. The molecule has 0 radical (unpaired) electrons. The maximum absolute atomic E-state index is 13.0. The predicted octanol–water partition coefficient (Wildman–Crippen LogP) is 2.12. The van der Waals surface area contributed by atoms with E-state index in [2.05, 4.69) is 5.32 Å². The Morgan fingerprint density at radius 1 is 1.09 bits per heavy atom. The first-order chi connectivity index (χ1) is 15.7. The summed E-state index contributed by atoms with van der Waals surface area (Å²) >= 11 is 5.87. The monoisotopic (exact) mass is 472 g/mol. The lowest BCUT2D eigenvalue weighted by Crippen LogP contribution is -2.49. The number of nitrogens with zero attached hydrogens (tertiary/aromatic N) is 3. The van der Waals surface area contributed by atoms with E-state index in [4.69, 9.17) is 16.3 Å². The Kier molecular flexibility index (Phi) is 6.16. The molecule has 33 heavy (non-hydrogen) atoms. The average Bonchev–Trinajstić information content (AvgIpc) is 3.54. The number of nitrogens with one attached hydrogen (secondary N) is 1. The zero-order valence-corrected chi connectivity index (χ0v) is 19.2. The van der Waals surface area contributed by atoms with Gasteiger partial charge >= 0.3 is 6.09 Å². The molecule has 0 saturated heterocycles. The minimum atomic E-state index is -0.666. The number of rotatable bonds is 6. The number of fused-ring (bicyclic) bond motifs is 1. The van der Waals surface area contributed by atoms with Gasteiger partial charge in [0, 0.05) is 38.8 Å². The van der Waals surface area contributed by atoms with Gasteiger partial charge in [0.25, 0.3) is 17.4 Å². The van der Waals surface area contributed by atoms with Crippen LogP contribution in [0.3, 0.4) is 0 Å². The predicted molar refractivity (Wildman–Crippen MR) is 121 cm³/mol. The number of pyridine rings is 1. The highest BCUT2D eigenvalue weighted by atomic mass is 35.5. The van der Waals surface area contributed by atoms with E-state index in [9.17, 15) is 19.2 Å².